The number of aryl methyl sites for hydroxylation is 3. The lowest BCUT2D eigenvalue weighted by atomic mass is 10.1. The van der Waals surface area contributed by atoms with Gasteiger partial charge in [0.1, 0.15) is 6.54 Å². The molecule has 2 aromatic carbocycles. The summed E-state index contributed by atoms with van der Waals surface area (Å²) in [5.41, 5.74) is 4.21. The summed E-state index contributed by atoms with van der Waals surface area (Å²) < 4.78 is 25.2. The van der Waals surface area contributed by atoms with E-state index in [1.807, 2.05) is 51.1 Å². The number of nitrogens with zero attached hydrogens (tertiary/aromatic N) is 1. The molecule has 1 amide bonds. The monoisotopic (exact) mass is 346 g/mol. The normalized spacial score (nSPS) is 11.2. The predicted octanol–water partition coefficient (Wildman–Crippen LogP) is 3.02. The first-order chi connectivity index (χ1) is 11.2. The van der Waals surface area contributed by atoms with Gasteiger partial charge < -0.3 is 5.32 Å². The summed E-state index contributed by atoms with van der Waals surface area (Å²) in [6, 6.07) is 12.7. The van der Waals surface area contributed by atoms with Crippen molar-refractivity contribution in [2.45, 2.75) is 20.8 Å². The quantitative estimate of drug-likeness (QED) is 0.905. The molecule has 1 N–H and O–H groups in total. The van der Waals surface area contributed by atoms with Gasteiger partial charge in [0.15, 0.2) is 0 Å². The fraction of sp³-hybridized carbons (Fsp3) is 0.278. The Labute approximate surface area is 143 Å². The van der Waals surface area contributed by atoms with Crippen LogP contribution >= 0.6 is 0 Å². The highest BCUT2D eigenvalue weighted by atomic mass is 32.2. The number of sulfonamides is 1. The second-order valence-electron chi connectivity index (χ2n) is 5.97. The van der Waals surface area contributed by atoms with Crippen molar-refractivity contribution >= 4 is 27.3 Å². The summed E-state index contributed by atoms with van der Waals surface area (Å²) in [5.74, 6) is -0.382. The Balaban J connectivity index is 2.20. The lowest BCUT2D eigenvalue weighted by Gasteiger charge is -2.22. The average molecular weight is 346 g/mol. The van der Waals surface area contributed by atoms with Gasteiger partial charge >= 0.3 is 0 Å². The van der Waals surface area contributed by atoms with Crippen molar-refractivity contribution in [2.75, 3.05) is 22.4 Å². The standard InChI is InChI=1S/C18H22N2O3S/c1-13-5-8-16(9-6-13)20(24(4,22)23)12-18(21)19-17-10-7-14(2)11-15(17)3/h5-11H,12H2,1-4H3,(H,19,21). The van der Waals surface area contributed by atoms with Crippen LogP contribution in [0.3, 0.4) is 0 Å². The van der Waals surface area contributed by atoms with E-state index < -0.39 is 10.0 Å². The van der Waals surface area contributed by atoms with Gasteiger partial charge in [-0.2, -0.15) is 0 Å². The molecule has 0 atom stereocenters. The van der Waals surface area contributed by atoms with Crippen LogP contribution < -0.4 is 9.62 Å². The molecule has 0 aromatic heterocycles. The van der Waals surface area contributed by atoms with Gasteiger partial charge in [0.25, 0.3) is 0 Å². The molecule has 0 fully saturated rings. The molecule has 0 spiro atoms. The van der Waals surface area contributed by atoms with Crippen molar-refractivity contribution in [3.05, 3.63) is 59.2 Å². The lowest BCUT2D eigenvalue weighted by molar-refractivity contribution is -0.114. The molecule has 6 heteroatoms. The van der Waals surface area contributed by atoms with Crippen molar-refractivity contribution in [2.24, 2.45) is 0 Å². The van der Waals surface area contributed by atoms with E-state index in [-0.39, 0.29) is 12.5 Å². The van der Waals surface area contributed by atoms with Crippen LogP contribution in [0.1, 0.15) is 16.7 Å². The third kappa shape index (κ3) is 4.58. The summed E-state index contributed by atoms with van der Waals surface area (Å²) >= 11 is 0. The summed E-state index contributed by atoms with van der Waals surface area (Å²) in [4.78, 5) is 12.3. The molecule has 0 saturated carbocycles. The van der Waals surface area contributed by atoms with E-state index in [2.05, 4.69) is 5.32 Å². The van der Waals surface area contributed by atoms with Gasteiger partial charge in [0, 0.05) is 5.69 Å². The number of amides is 1. The van der Waals surface area contributed by atoms with Gasteiger partial charge in [-0.25, -0.2) is 8.42 Å². The van der Waals surface area contributed by atoms with Crippen molar-refractivity contribution in [3.8, 4) is 0 Å². The zero-order valence-electron chi connectivity index (χ0n) is 14.3. The van der Waals surface area contributed by atoms with Gasteiger partial charge in [-0.3, -0.25) is 9.10 Å². The van der Waals surface area contributed by atoms with Crippen molar-refractivity contribution in [3.63, 3.8) is 0 Å². The third-order valence-corrected chi connectivity index (χ3v) is 4.81. The third-order valence-electron chi connectivity index (χ3n) is 3.67. The minimum atomic E-state index is -3.56. The van der Waals surface area contributed by atoms with E-state index in [0.29, 0.717) is 11.4 Å². The van der Waals surface area contributed by atoms with Gasteiger partial charge in [0.05, 0.1) is 11.9 Å². The maximum Gasteiger partial charge on any atom is 0.245 e. The summed E-state index contributed by atoms with van der Waals surface area (Å²) in [5, 5.41) is 2.78. The molecule has 5 nitrogen and oxygen atoms in total. The Morgan fingerprint density at radius 2 is 1.58 bits per heavy atom. The van der Waals surface area contributed by atoms with Crippen LogP contribution in [0, 0.1) is 20.8 Å². The van der Waals surface area contributed by atoms with Crippen LogP contribution in [0.25, 0.3) is 0 Å². The molecule has 0 aliphatic rings. The van der Waals surface area contributed by atoms with Crippen LogP contribution in [-0.2, 0) is 14.8 Å². The first-order valence-corrected chi connectivity index (χ1v) is 9.43. The zero-order valence-corrected chi connectivity index (χ0v) is 15.1. The molecular formula is C18H22N2O3S. The van der Waals surface area contributed by atoms with Crippen LogP contribution in [0.5, 0.6) is 0 Å². The van der Waals surface area contributed by atoms with Crippen LogP contribution in [-0.4, -0.2) is 27.1 Å². The van der Waals surface area contributed by atoms with E-state index in [1.54, 1.807) is 12.1 Å². The Morgan fingerprint density at radius 1 is 1.00 bits per heavy atom. The molecular weight excluding hydrogens is 324 g/mol. The molecule has 0 unspecified atom stereocenters. The van der Waals surface area contributed by atoms with E-state index in [0.717, 1.165) is 27.3 Å². The maximum atomic E-state index is 12.3. The van der Waals surface area contributed by atoms with Gasteiger partial charge in [-0.15, -0.1) is 0 Å². The first-order valence-electron chi connectivity index (χ1n) is 7.58. The van der Waals surface area contributed by atoms with Crippen LogP contribution in [0.4, 0.5) is 11.4 Å². The molecule has 2 rings (SSSR count). The van der Waals surface area contributed by atoms with Crippen molar-refractivity contribution < 1.29 is 13.2 Å². The minimum Gasteiger partial charge on any atom is -0.324 e. The largest absolute Gasteiger partial charge is 0.324 e. The summed E-state index contributed by atoms with van der Waals surface area (Å²) in [6.45, 7) is 5.52. The van der Waals surface area contributed by atoms with Gasteiger partial charge in [-0.05, 0) is 44.5 Å². The number of rotatable bonds is 5. The zero-order chi connectivity index (χ0) is 17.9. The second-order valence-corrected chi connectivity index (χ2v) is 7.88. The summed E-state index contributed by atoms with van der Waals surface area (Å²) in [7, 11) is -3.56. The minimum absolute atomic E-state index is 0.269. The Hall–Kier alpha value is -2.34. The average Bonchev–Trinajstić information content (AvgIpc) is 2.48. The van der Waals surface area contributed by atoms with Crippen LogP contribution in [0.15, 0.2) is 42.5 Å². The molecule has 0 bridgehead atoms. The molecule has 0 heterocycles. The van der Waals surface area contributed by atoms with Crippen molar-refractivity contribution in [1.82, 2.24) is 0 Å². The Morgan fingerprint density at radius 3 is 2.12 bits per heavy atom. The number of hydrogen-bond donors (Lipinski definition) is 1. The molecule has 2 aromatic rings. The highest BCUT2D eigenvalue weighted by Crippen LogP contribution is 2.19. The number of hydrogen-bond acceptors (Lipinski definition) is 3. The van der Waals surface area contributed by atoms with E-state index in [9.17, 15) is 13.2 Å². The van der Waals surface area contributed by atoms with Crippen molar-refractivity contribution in [1.29, 1.82) is 0 Å². The van der Waals surface area contributed by atoms with E-state index in [1.165, 1.54) is 0 Å². The Bertz CT molecular complexity index is 843. The second kappa shape index (κ2) is 7.05. The van der Waals surface area contributed by atoms with E-state index >= 15 is 0 Å². The number of benzene rings is 2. The SMILES string of the molecule is Cc1ccc(N(CC(=O)Nc2ccc(C)cc2C)S(C)(=O)=O)cc1. The Kier molecular flexibility index (Phi) is 5.29. The van der Waals surface area contributed by atoms with E-state index in [4.69, 9.17) is 0 Å². The number of nitrogens with one attached hydrogen (secondary N) is 1. The summed E-state index contributed by atoms with van der Waals surface area (Å²) in [6.07, 6.45) is 1.09. The van der Waals surface area contributed by atoms with Gasteiger partial charge in [0.2, 0.25) is 15.9 Å². The van der Waals surface area contributed by atoms with Gasteiger partial charge in [-0.1, -0.05) is 35.4 Å². The number of carbonyl (C=O) groups is 1. The number of anilines is 2. The molecule has 0 aliphatic heterocycles. The molecule has 0 saturated heterocycles. The topological polar surface area (TPSA) is 66.5 Å². The molecule has 0 radical (unpaired) electrons. The smallest absolute Gasteiger partial charge is 0.245 e. The highest BCUT2D eigenvalue weighted by Gasteiger charge is 2.21. The fourth-order valence-corrected chi connectivity index (χ4v) is 3.24. The fourth-order valence-electron chi connectivity index (χ4n) is 2.39. The molecule has 128 valence electrons. The van der Waals surface area contributed by atoms with Crippen LogP contribution in [0.2, 0.25) is 0 Å². The predicted molar refractivity (Wildman–Crippen MR) is 97.9 cm³/mol. The maximum absolute atomic E-state index is 12.3. The molecule has 0 aliphatic carbocycles. The first kappa shape index (κ1) is 18.0. The highest BCUT2D eigenvalue weighted by molar-refractivity contribution is 7.92. The number of carbonyl (C=O) groups excluding carboxylic acids is 1. The molecule has 24 heavy (non-hydrogen) atoms. The lowest BCUT2D eigenvalue weighted by Crippen LogP contribution is -2.37.